The van der Waals surface area contributed by atoms with Gasteiger partial charge in [0.25, 0.3) is 11.5 Å². The molecule has 0 bridgehead atoms. The molecule has 2 rings (SSSR count). The van der Waals surface area contributed by atoms with E-state index < -0.39 is 17.2 Å². The first kappa shape index (κ1) is 10.1. The Bertz CT molecular complexity index is 625. The molecule has 1 aromatic carbocycles. The minimum Gasteiger partial charge on any atom is -0.274 e. The number of hydrogen-bond acceptors (Lipinski definition) is 3. The van der Waals surface area contributed by atoms with E-state index in [1.54, 1.807) is 30.3 Å². The molecule has 0 aliphatic carbocycles. The SMILES string of the molecule is O=C(c1ccccc1)n1ccc(=O)[nH]c1=O. The summed E-state index contributed by atoms with van der Waals surface area (Å²) in [7, 11) is 0. The second-order valence-electron chi connectivity index (χ2n) is 3.15. The van der Waals surface area contributed by atoms with Crippen LogP contribution < -0.4 is 11.2 Å². The summed E-state index contributed by atoms with van der Waals surface area (Å²) in [5.41, 5.74) is -0.875. The molecule has 0 amide bonds. The molecule has 5 heteroatoms. The van der Waals surface area contributed by atoms with Gasteiger partial charge >= 0.3 is 5.69 Å². The number of hydrogen-bond donors (Lipinski definition) is 1. The van der Waals surface area contributed by atoms with Gasteiger partial charge in [-0.15, -0.1) is 0 Å². The zero-order valence-electron chi connectivity index (χ0n) is 8.21. The van der Waals surface area contributed by atoms with Crippen molar-refractivity contribution in [2.45, 2.75) is 0 Å². The van der Waals surface area contributed by atoms with Gasteiger partial charge in [-0.05, 0) is 12.1 Å². The topological polar surface area (TPSA) is 71.9 Å². The van der Waals surface area contributed by atoms with Crippen LogP contribution in [0.2, 0.25) is 0 Å². The van der Waals surface area contributed by atoms with E-state index in [2.05, 4.69) is 0 Å². The first-order valence-electron chi connectivity index (χ1n) is 4.60. The van der Waals surface area contributed by atoms with Crippen LogP contribution in [-0.2, 0) is 0 Å². The van der Waals surface area contributed by atoms with Crippen LogP contribution >= 0.6 is 0 Å². The van der Waals surface area contributed by atoms with Gasteiger partial charge in [-0.1, -0.05) is 18.2 Å². The van der Waals surface area contributed by atoms with Gasteiger partial charge in [0.1, 0.15) is 0 Å². The zero-order valence-corrected chi connectivity index (χ0v) is 8.21. The number of H-pyrrole nitrogens is 1. The highest BCUT2D eigenvalue weighted by molar-refractivity contribution is 5.95. The maximum atomic E-state index is 11.8. The Balaban J connectivity index is 2.51. The number of nitrogens with one attached hydrogen (secondary N) is 1. The molecule has 1 N–H and O–H groups in total. The predicted molar refractivity (Wildman–Crippen MR) is 57.5 cm³/mol. The summed E-state index contributed by atoms with van der Waals surface area (Å²) in [6, 6.07) is 9.49. The summed E-state index contributed by atoms with van der Waals surface area (Å²) < 4.78 is 0.858. The lowest BCUT2D eigenvalue weighted by Crippen LogP contribution is -2.33. The van der Waals surface area contributed by atoms with Crippen LogP contribution in [0.4, 0.5) is 0 Å². The quantitative estimate of drug-likeness (QED) is 0.741. The van der Waals surface area contributed by atoms with Crippen molar-refractivity contribution in [3.63, 3.8) is 0 Å². The minimum absolute atomic E-state index is 0.386. The van der Waals surface area contributed by atoms with Crippen LogP contribution in [0.25, 0.3) is 0 Å². The van der Waals surface area contributed by atoms with Crippen molar-refractivity contribution in [1.29, 1.82) is 0 Å². The van der Waals surface area contributed by atoms with E-state index in [4.69, 9.17) is 0 Å². The maximum Gasteiger partial charge on any atom is 0.335 e. The molecule has 0 atom stereocenters. The highest BCUT2D eigenvalue weighted by Crippen LogP contribution is 1.99. The van der Waals surface area contributed by atoms with Crippen LogP contribution in [0.15, 0.2) is 52.2 Å². The van der Waals surface area contributed by atoms with E-state index in [0.717, 1.165) is 16.8 Å². The molecule has 80 valence electrons. The Morgan fingerprint density at radius 2 is 1.75 bits per heavy atom. The number of carbonyl (C=O) groups excluding carboxylic acids is 1. The number of aromatic nitrogens is 2. The van der Waals surface area contributed by atoms with E-state index in [0.29, 0.717) is 5.56 Å². The summed E-state index contributed by atoms with van der Waals surface area (Å²) in [4.78, 5) is 36.0. The minimum atomic E-state index is -0.735. The molecule has 0 aliphatic heterocycles. The van der Waals surface area contributed by atoms with Gasteiger partial charge in [-0.25, -0.2) is 9.36 Å². The van der Waals surface area contributed by atoms with Gasteiger partial charge in [-0.3, -0.25) is 14.6 Å². The predicted octanol–water partition coefficient (Wildman–Crippen LogP) is 0.225. The smallest absolute Gasteiger partial charge is 0.274 e. The molecule has 0 unspecified atom stereocenters. The second kappa shape index (κ2) is 3.98. The Hall–Kier alpha value is -2.43. The van der Waals surface area contributed by atoms with Gasteiger partial charge < -0.3 is 0 Å². The van der Waals surface area contributed by atoms with Crippen molar-refractivity contribution < 1.29 is 4.79 Å². The average Bonchev–Trinajstić information content (AvgIpc) is 2.29. The number of aromatic amines is 1. The van der Waals surface area contributed by atoms with E-state index in [1.807, 2.05) is 4.98 Å². The lowest BCUT2D eigenvalue weighted by molar-refractivity contribution is 0.0954. The summed E-state index contributed by atoms with van der Waals surface area (Å²) in [5.74, 6) is -0.471. The fourth-order valence-corrected chi connectivity index (χ4v) is 1.30. The lowest BCUT2D eigenvalue weighted by atomic mass is 10.2. The third kappa shape index (κ3) is 1.83. The molecule has 2 aromatic rings. The van der Waals surface area contributed by atoms with Crippen molar-refractivity contribution in [3.05, 3.63) is 69.0 Å². The van der Waals surface area contributed by atoms with Crippen LogP contribution in [0, 0.1) is 0 Å². The molecule has 16 heavy (non-hydrogen) atoms. The molecule has 0 radical (unpaired) electrons. The fourth-order valence-electron chi connectivity index (χ4n) is 1.30. The Labute approximate surface area is 90.0 Å². The number of carbonyl (C=O) groups is 1. The summed E-state index contributed by atoms with van der Waals surface area (Å²) in [6.07, 6.45) is 1.16. The van der Waals surface area contributed by atoms with E-state index in [1.165, 1.54) is 0 Å². The molecule has 0 spiro atoms. The fraction of sp³-hybridized carbons (Fsp3) is 0. The number of nitrogens with zero attached hydrogens (tertiary/aromatic N) is 1. The molecular weight excluding hydrogens is 208 g/mol. The molecule has 0 saturated heterocycles. The van der Waals surface area contributed by atoms with Crippen molar-refractivity contribution in [2.75, 3.05) is 0 Å². The van der Waals surface area contributed by atoms with Crippen molar-refractivity contribution in [1.82, 2.24) is 9.55 Å². The van der Waals surface area contributed by atoms with Crippen LogP contribution in [0.5, 0.6) is 0 Å². The average molecular weight is 216 g/mol. The molecule has 1 heterocycles. The zero-order chi connectivity index (χ0) is 11.5. The maximum absolute atomic E-state index is 11.8. The first-order valence-corrected chi connectivity index (χ1v) is 4.60. The van der Waals surface area contributed by atoms with Gasteiger partial charge in [0.05, 0.1) is 0 Å². The largest absolute Gasteiger partial charge is 0.335 e. The van der Waals surface area contributed by atoms with Crippen LogP contribution in [0.3, 0.4) is 0 Å². The molecule has 5 nitrogen and oxygen atoms in total. The number of benzene rings is 1. The van der Waals surface area contributed by atoms with Gasteiger partial charge in [0.2, 0.25) is 0 Å². The van der Waals surface area contributed by atoms with E-state index in [9.17, 15) is 14.4 Å². The second-order valence-corrected chi connectivity index (χ2v) is 3.15. The third-order valence-electron chi connectivity index (χ3n) is 2.06. The van der Waals surface area contributed by atoms with Crippen molar-refractivity contribution in [2.24, 2.45) is 0 Å². The summed E-state index contributed by atoms with van der Waals surface area (Å²) in [6.45, 7) is 0. The third-order valence-corrected chi connectivity index (χ3v) is 2.06. The van der Waals surface area contributed by atoms with E-state index in [-0.39, 0.29) is 0 Å². The van der Waals surface area contributed by atoms with Crippen molar-refractivity contribution >= 4 is 5.91 Å². The summed E-state index contributed by atoms with van der Waals surface area (Å²) >= 11 is 0. The molecular formula is C11H8N2O3. The Morgan fingerprint density at radius 1 is 1.06 bits per heavy atom. The monoisotopic (exact) mass is 216 g/mol. The molecule has 0 saturated carbocycles. The Kier molecular flexibility index (Phi) is 2.51. The highest BCUT2D eigenvalue weighted by atomic mass is 16.2. The van der Waals surface area contributed by atoms with Gasteiger partial charge in [-0.2, -0.15) is 0 Å². The van der Waals surface area contributed by atoms with Crippen LogP contribution in [-0.4, -0.2) is 15.5 Å². The number of rotatable bonds is 1. The standard InChI is InChI=1S/C11H8N2O3/c14-9-6-7-13(11(16)12-9)10(15)8-4-2-1-3-5-8/h1-7H,(H,12,14,16). The molecule has 1 aromatic heterocycles. The van der Waals surface area contributed by atoms with Gasteiger partial charge in [0, 0.05) is 17.8 Å². The Morgan fingerprint density at radius 3 is 2.38 bits per heavy atom. The highest BCUT2D eigenvalue weighted by Gasteiger charge is 2.08. The lowest BCUT2D eigenvalue weighted by Gasteiger charge is -2.02. The van der Waals surface area contributed by atoms with Gasteiger partial charge in [0.15, 0.2) is 0 Å². The van der Waals surface area contributed by atoms with E-state index >= 15 is 0 Å². The summed E-state index contributed by atoms with van der Waals surface area (Å²) in [5, 5.41) is 0. The van der Waals surface area contributed by atoms with Crippen molar-refractivity contribution in [3.8, 4) is 0 Å². The molecule has 0 aliphatic rings. The first-order chi connectivity index (χ1) is 7.68. The van der Waals surface area contributed by atoms with Crippen LogP contribution in [0.1, 0.15) is 10.4 Å². The normalized spacial score (nSPS) is 10.0. The molecule has 0 fully saturated rings.